The van der Waals surface area contributed by atoms with Crippen LogP contribution in [0, 0.1) is 13.8 Å². The molecule has 1 amide bonds. The number of nitrogens with zero attached hydrogens (tertiary/aromatic N) is 2. The Labute approximate surface area is 140 Å². The average molecular weight is 321 g/mol. The predicted octanol–water partition coefficient (Wildman–Crippen LogP) is 3.84. The van der Waals surface area contributed by atoms with Crippen molar-refractivity contribution in [2.45, 2.75) is 26.8 Å². The lowest BCUT2D eigenvalue weighted by Gasteiger charge is -2.09. The first-order valence-corrected chi connectivity index (χ1v) is 7.82. The maximum absolute atomic E-state index is 12.3. The molecule has 0 saturated heterocycles. The largest absolute Gasteiger partial charge is 0.341 e. The molecule has 0 fully saturated rings. The van der Waals surface area contributed by atoms with Crippen molar-refractivity contribution >= 4 is 5.91 Å². The molecule has 2 aromatic carbocycles. The molecule has 3 rings (SSSR count). The summed E-state index contributed by atoms with van der Waals surface area (Å²) in [6.45, 7) is 5.80. The number of carbonyl (C=O) groups excluding carboxylic acids is 1. The molecule has 122 valence electrons. The van der Waals surface area contributed by atoms with E-state index in [1.165, 1.54) is 0 Å². The third-order valence-electron chi connectivity index (χ3n) is 3.86. The van der Waals surface area contributed by atoms with E-state index in [9.17, 15) is 4.79 Å². The van der Waals surface area contributed by atoms with Crippen molar-refractivity contribution in [3.05, 3.63) is 71.1 Å². The minimum atomic E-state index is -0.371. The number of hydrogen-bond donors (Lipinski definition) is 1. The van der Waals surface area contributed by atoms with Crippen LogP contribution in [0.25, 0.3) is 11.4 Å². The van der Waals surface area contributed by atoms with Crippen LogP contribution in [0.5, 0.6) is 0 Å². The monoisotopic (exact) mass is 321 g/mol. The standard InChI is InChI=1S/C19H19N3O2/c1-12-8-10-15(11-9-12)18(23)20-14(3)19-21-17(22-24-19)16-7-5-4-6-13(16)2/h4-11,14H,1-3H3,(H,20,23)/t14-/m0/s1. The summed E-state index contributed by atoms with van der Waals surface area (Å²) >= 11 is 0. The molecule has 1 heterocycles. The van der Waals surface area contributed by atoms with E-state index in [1.54, 1.807) is 12.1 Å². The molecule has 0 aliphatic rings. The van der Waals surface area contributed by atoms with Gasteiger partial charge < -0.3 is 9.84 Å². The molecule has 0 aliphatic heterocycles. The van der Waals surface area contributed by atoms with Gasteiger partial charge in [0.1, 0.15) is 6.04 Å². The highest BCUT2D eigenvalue weighted by Crippen LogP contribution is 2.21. The normalized spacial score (nSPS) is 12.0. The van der Waals surface area contributed by atoms with Gasteiger partial charge in [-0.15, -0.1) is 0 Å². The molecule has 0 spiro atoms. The first kappa shape index (κ1) is 15.9. The molecule has 0 saturated carbocycles. The molecule has 5 heteroatoms. The van der Waals surface area contributed by atoms with Crippen LogP contribution < -0.4 is 5.32 Å². The zero-order chi connectivity index (χ0) is 17.1. The number of aryl methyl sites for hydroxylation is 2. The van der Waals surface area contributed by atoms with E-state index in [4.69, 9.17) is 4.52 Å². The van der Waals surface area contributed by atoms with Crippen molar-refractivity contribution in [2.24, 2.45) is 0 Å². The van der Waals surface area contributed by atoms with Crippen molar-refractivity contribution < 1.29 is 9.32 Å². The van der Waals surface area contributed by atoms with Crippen molar-refractivity contribution in [3.63, 3.8) is 0 Å². The Hall–Kier alpha value is -2.95. The zero-order valence-electron chi connectivity index (χ0n) is 13.9. The Morgan fingerprint density at radius 1 is 1.08 bits per heavy atom. The molecule has 24 heavy (non-hydrogen) atoms. The molecule has 0 aliphatic carbocycles. The van der Waals surface area contributed by atoms with Crippen LogP contribution >= 0.6 is 0 Å². The summed E-state index contributed by atoms with van der Waals surface area (Å²) in [4.78, 5) is 16.7. The van der Waals surface area contributed by atoms with Gasteiger partial charge in [0, 0.05) is 11.1 Å². The first-order chi connectivity index (χ1) is 11.5. The highest BCUT2D eigenvalue weighted by atomic mass is 16.5. The van der Waals surface area contributed by atoms with E-state index in [1.807, 2.05) is 57.2 Å². The Morgan fingerprint density at radius 3 is 2.50 bits per heavy atom. The van der Waals surface area contributed by atoms with Gasteiger partial charge in [0.25, 0.3) is 5.91 Å². The quantitative estimate of drug-likeness (QED) is 0.792. The smallest absolute Gasteiger partial charge is 0.251 e. The third-order valence-corrected chi connectivity index (χ3v) is 3.86. The fraction of sp³-hybridized carbons (Fsp3) is 0.211. The van der Waals surface area contributed by atoms with Crippen molar-refractivity contribution in [3.8, 4) is 11.4 Å². The van der Waals surface area contributed by atoms with Crippen LogP contribution in [0.2, 0.25) is 0 Å². The Morgan fingerprint density at radius 2 is 1.79 bits per heavy atom. The fourth-order valence-corrected chi connectivity index (χ4v) is 2.39. The van der Waals surface area contributed by atoms with Crippen LogP contribution in [0.3, 0.4) is 0 Å². The summed E-state index contributed by atoms with van der Waals surface area (Å²) in [5.41, 5.74) is 3.70. The lowest BCUT2D eigenvalue weighted by atomic mass is 10.1. The van der Waals surface area contributed by atoms with Gasteiger partial charge in [-0.25, -0.2) is 0 Å². The average Bonchev–Trinajstić information content (AvgIpc) is 3.05. The van der Waals surface area contributed by atoms with Crippen LogP contribution in [0.4, 0.5) is 0 Å². The van der Waals surface area contributed by atoms with Gasteiger partial charge >= 0.3 is 0 Å². The van der Waals surface area contributed by atoms with Gasteiger partial charge in [-0.3, -0.25) is 4.79 Å². The number of hydrogen-bond acceptors (Lipinski definition) is 4. The number of nitrogens with one attached hydrogen (secondary N) is 1. The van der Waals surface area contributed by atoms with E-state index >= 15 is 0 Å². The molecular weight excluding hydrogens is 302 g/mol. The summed E-state index contributed by atoms with van der Waals surface area (Å²) < 4.78 is 5.32. The summed E-state index contributed by atoms with van der Waals surface area (Å²) in [5.74, 6) is 0.742. The summed E-state index contributed by atoms with van der Waals surface area (Å²) in [7, 11) is 0. The van der Waals surface area contributed by atoms with E-state index < -0.39 is 0 Å². The molecule has 1 aromatic heterocycles. The van der Waals surface area contributed by atoms with Crippen LogP contribution in [-0.2, 0) is 0 Å². The number of rotatable bonds is 4. The van der Waals surface area contributed by atoms with Gasteiger partial charge in [0.15, 0.2) is 0 Å². The van der Waals surface area contributed by atoms with E-state index in [0.717, 1.165) is 16.7 Å². The molecule has 3 aromatic rings. The van der Waals surface area contributed by atoms with Gasteiger partial charge in [0.05, 0.1) is 0 Å². The second-order valence-corrected chi connectivity index (χ2v) is 5.83. The summed E-state index contributed by atoms with van der Waals surface area (Å²) in [6.07, 6.45) is 0. The maximum Gasteiger partial charge on any atom is 0.251 e. The Bertz CT molecular complexity index is 853. The second kappa shape index (κ2) is 6.66. The topological polar surface area (TPSA) is 68.0 Å². The molecule has 1 N–H and O–H groups in total. The highest BCUT2D eigenvalue weighted by molar-refractivity contribution is 5.94. The second-order valence-electron chi connectivity index (χ2n) is 5.83. The number of aromatic nitrogens is 2. The van der Waals surface area contributed by atoms with E-state index in [-0.39, 0.29) is 11.9 Å². The molecule has 5 nitrogen and oxygen atoms in total. The minimum Gasteiger partial charge on any atom is -0.341 e. The summed E-state index contributed by atoms with van der Waals surface area (Å²) in [5, 5.41) is 6.90. The van der Waals surface area contributed by atoms with Gasteiger partial charge in [-0.2, -0.15) is 4.98 Å². The lowest BCUT2D eigenvalue weighted by Crippen LogP contribution is -2.26. The van der Waals surface area contributed by atoms with Gasteiger partial charge in [-0.1, -0.05) is 47.1 Å². The fourth-order valence-electron chi connectivity index (χ4n) is 2.39. The minimum absolute atomic E-state index is 0.168. The Balaban J connectivity index is 1.74. The highest BCUT2D eigenvalue weighted by Gasteiger charge is 2.18. The predicted molar refractivity (Wildman–Crippen MR) is 91.5 cm³/mol. The molecule has 0 unspecified atom stereocenters. The molecule has 0 bridgehead atoms. The SMILES string of the molecule is Cc1ccc(C(=O)N[C@@H](C)c2nc(-c3ccccc3C)no2)cc1. The van der Waals surface area contributed by atoms with E-state index in [0.29, 0.717) is 17.3 Å². The maximum atomic E-state index is 12.3. The van der Waals surface area contributed by atoms with Crippen LogP contribution in [0.15, 0.2) is 53.1 Å². The van der Waals surface area contributed by atoms with Crippen molar-refractivity contribution in [1.82, 2.24) is 15.5 Å². The van der Waals surface area contributed by atoms with Crippen molar-refractivity contribution in [1.29, 1.82) is 0 Å². The number of carbonyl (C=O) groups is 1. The zero-order valence-corrected chi connectivity index (χ0v) is 13.9. The number of amides is 1. The molecule has 1 atom stereocenters. The van der Waals surface area contributed by atoms with Crippen LogP contribution in [0.1, 0.15) is 40.3 Å². The van der Waals surface area contributed by atoms with Crippen LogP contribution in [-0.4, -0.2) is 16.0 Å². The van der Waals surface area contributed by atoms with Crippen molar-refractivity contribution in [2.75, 3.05) is 0 Å². The first-order valence-electron chi connectivity index (χ1n) is 7.82. The molecule has 0 radical (unpaired) electrons. The third kappa shape index (κ3) is 3.35. The van der Waals surface area contributed by atoms with Gasteiger partial charge in [0.2, 0.25) is 11.7 Å². The lowest BCUT2D eigenvalue weighted by molar-refractivity contribution is 0.0932. The summed E-state index contributed by atoms with van der Waals surface area (Å²) in [6, 6.07) is 14.9. The molecular formula is C19H19N3O2. The van der Waals surface area contributed by atoms with Gasteiger partial charge in [-0.05, 0) is 38.5 Å². The Kier molecular flexibility index (Phi) is 4.42. The van der Waals surface area contributed by atoms with E-state index in [2.05, 4.69) is 15.5 Å². The number of benzene rings is 2.